The maximum absolute atomic E-state index is 6.10. The minimum atomic E-state index is 0.558. The Bertz CT molecular complexity index is 859. The van der Waals surface area contributed by atoms with Crippen molar-refractivity contribution in [3.05, 3.63) is 65.1 Å². The molecule has 0 saturated carbocycles. The summed E-state index contributed by atoms with van der Waals surface area (Å²) in [5.41, 5.74) is 5.64. The van der Waals surface area contributed by atoms with Crippen molar-refractivity contribution in [1.82, 2.24) is 9.38 Å². The Hall–Kier alpha value is -2.33. The van der Waals surface area contributed by atoms with Crippen LogP contribution in [-0.4, -0.2) is 35.0 Å². The van der Waals surface area contributed by atoms with Crippen LogP contribution in [0.4, 0.5) is 0 Å². The van der Waals surface area contributed by atoms with E-state index < -0.39 is 0 Å². The number of rotatable bonds is 5. The number of fused-ring (bicyclic) bond motifs is 1. The highest BCUT2D eigenvalue weighted by Crippen LogP contribution is 2.24. The van der Waals surface area contributed by atoms with Gasteiger partial charge in [-0.2, -0.15) is 0 Å². The summed E-state index contributed by atoms with van der Waals surface area (Å²) < 4.78 is 9.12. The van der Waals surface area contributed by atoms with Gasteiger partial charge in [0, 0.05) is 6.20 Å². The van der Waals surface area contributed by atoms with Crippen LogP contribution in [0.25, 0.3) is 5.65 Å². The second kappa shape index (κ2) is 6.29. The number of aryl methyl sites for hydroxylation is 2. The second-order valence-electron chi connectivity index (χ2n) is 7.37. The van der Waals surface area contributed by atoms with Crippen LogP contribution in [-0.2, 0) is 13.2 Å². The standard InChI is InChI=1S/C20H26N3O/c1-15-9-6-7-10-17(15)14-24-19-11-8-12-22-18(13-23(3,4)5)16(2)21-20(19)22/h6-12H,13-14H2,1-5H3/q+1. The van der Waals surface area contributed by atoms with Crippen LogP contribution in [0.5, 0.6) is 5.75 Å². The molecule has 0 atom stereocenters. The van der Waals surface area contributed by atoms with Crippen LogP contribution in [0.2, 0.25) is 0 Å². The third kappa shape index (κ3) is 3.44. The Morgan fingerprint density at radius 1 is 1.04 bits per heavy atom. The number of hydrogen-bond donors (Lipinski definition) is 0. The molecule has 0 bridgehead atoms. The molecule has 2 aromatic heterocycles. The van der Waals surface area contributed by atoms with Crippen molar-refractivity contribution >= 4 is 5.65 Å². The van der Waals surface area contributed by atoms with Gasteiger partial charge in [0.25, 0.3) is 0 Å². The van der Waals surface area contributed by atoms with E-state index in [1.807, 2.05) is 18.2 Å². The molecule has 0 amide bonds. The zero-order chi connectivity index (χ0) is 17.3. The molecule has 0 aliphatic carbocycles. The van der Waals surface area contributed by atoms with Crippen molar-refractivity contribution < 1.29 is 9.22 Å². The van der Waals surface area contributed by atoms with E-state index in [2.05, 4.69) is 63.8 Å². The summed E-state index contributed by atoms with van der Waals surface area (Å²) in [4.78, 5) is 4.76. The summed E-state index contributed by atoms with van der Waals surface area (Å²) in [5, 5.41) is 0. The lowest BCUT2D eigenvalue weighted by Gasteiger charge is -2.23. The van der Waals surface area contributed by atoms with Gasteiger partial charge >= 0.3 is 0 Å². The Morgan fingerprint density at radius 2 is 1.79 bits per heavy atom. The minimum absolute atomic E-state index is 0.558. The molecule has 126 valence electrons. The SMILES string of the molecule is Cc1ccccc1COc1cccn2c(C[N+](C)(C)C)c(C)nc12. The minimum Gasteiger partial charge on any atom is -0.485 e. The predicted octanol–water partition coefficient (Wildman–Crippen LogP) is 3.74. The van der Waals surface area contributed by atoms with Gasteiger partial charge in [-0.3, -0.25) is 4.40 Å². The summed E-state index contributed by atoms with van der Waals surface area (Å²) in [6, 6.07) is 12.3. The molecule has 3 rings (SSSR count). The van der Waals surface area contributed by atoms with Crippen molar-refractivity contribution in [2.24, 2.45) is 0 Å². The molecule has 4 heteroatoms. The van der Waals surface area contributed by atoms with E-state index in [-0.39, 0.29) is 0 Å². The molecule has 4 nitrogen and oxygen atoms in total. The summed E-state index contributed by atoms with van der Waals surface area (Å²) in [6.07, 6.45) is 2.07. The summed E-state index contributed by atoms with van der Waals surface area (Å²) in [6.45, 7) is 5.67. The van der Waals surface area contributed by atoms with Gasteiger partial charge in [0.1, 0.15) is 18.8 Å². The van der Waals surface area contributed by atoms with Gasteiger partial charge in [0.05, 0.1) is 26.8 Å². The monoisotopic (exact) mass is 324 g/mol. The number of benzene rings is 1. The van der Waals surface area contributed by atoms with Crippen LogP contribution in [0.15, 0.2) is 42.6 Å². The number of hydrogen-bond acceptors (Lipinski definition) is 2. The number of quaternary nitrogens is 1. The van der Waals surface area contributed by atoms with Crippen molar-refractivity contribution in [2.45, 2.75) is 27.0 Å². The Kier molecular flexibility index (Phi) is 4.33. The molecule has 0 spiro atoms. The number of pyridine rings is 1. The first-order chi connectivity index (χ1) is 11.3. The molecular weight excluding hydrogens is 298 g/mol. The highest BCUT2D eigenvalue weighted by atomic mass is 16.5. The smallest absolute Gasteiger partial charge is 0.180 e. The average Bonchev–Trinajstić information content (AvgIpc) is 2.82. The Morgan fingerprint density at radius 3 is 2.50 bits per heavy atom. The molecule has 1 aromatic carbocycles. The maximum atomic E-state index is 6.10. The third-order valence-corrected chi connectivity index (χ3v) is 4.18. The van der Waals surface area contributed by atoms with Gasteiger partial charge in [-0.25, -0.2) is 4.98 Å². The summed E-state index contributed by atoms with van der Waals surface area (Å²) >= 11 is 0. The largest absolute Gasteiger partial charge is 0.485 e. The lowest BCUT2D eigenvalue weighted by atomic mass is 10.1. The maximum Gasteiger partial charge on any atom is 0.180 e. The van der Waals surface area contributed by atoms with Crippen molar-refractivity contribution in [1.29, 1.82) is 0 Å². The van der Waals surface area contributed by atoms with E-state index in [0.717, 1.165) is 28.1 Å². The van der Waals surface area contributed by atoms with E-state index in [4.69, 9.17) is 9.72 Å². The highest BCUT2D eigenvalue weighted by Gasteiger charge is 2.18. The van der Waals surface area contributed by atoms with E-state index >= 15 is 0 Å². The van der Waals surface area contributed by atoms with E-state index in [9.17, 15) is 0 Å². The molecule has 0 radical (unpaired) electrons. The van der Waals surface area contributed by atoms with Crippen LogP contribution in [0.1, 0.15) is 22.5 Å². The van der Waals surface area contributed by atoms with Crippen LogP contribution < -0.4 is 4.74 Å². The van der Waals surface area contributed by atoms with Gasteiger partial charge in [-0.15, -0.1) is 0 Å². The number of imidazole rings is 1. The first kappa shape index (κ1) is 16.5. The van der Waals surface area contributed by atoms with Gasteiger partial charge in [-0.1, -0.05) is 24.3 Å². The van der Waals surface area contributed by atoms with Gasteiger partial charge in [0.2, 0.25) is 0 Å². The molecule has 0 aliphatic rings. The molecular formula is C20H26N3O+. The van der Waals surface area contributed by atoms with Crippen molar-refractivity contribution in [3.63, 3.8) is 0 Å². The molecule has 2 heterocycles. The average molecular weight is 324 g/mol. The normalized spacial score (nSPS) is 11.9. The fraction of sp³-hybridized carbons (Fsp3) is 0.350. The van der Waals surface area contributed by atoms with Crippen LogP contribution >= 0.6 is 0 Å². The molecule has 0 saturated heterocycles. The topological polar surface area (TPSA) is 26.5 Å². The molecule has 0 N–H and O–H groups in total. The third-order valence-electron chi connectivity index (χ3n) is 4.18. The van der Waals surface area contributed by atoms with Crippen LogP contribution in [0.3, 0.4) is 0 Å². The fourth-order valence-corrected chi connectivity index (χ4v) is 2.88. The van der Waals surface area contributed by atoms with Gasteiger partial charge in [0.15, 0.2) is 11.4 Å². The Balaban J connectivity index is 1.92. The zero-order valence-electron chi connectivity index (χ0n) is 15.2. The first-order valence-electron chi connectivity index (χ1n) is 8.29. The number of ether oxygens (including phenoxy) is 1. The molecule has 0 fully saturated rings. The van der Waals surface area contributed by atoms with Crippen LogP contribution in [0, 0.1) is 13.8 Å². The second-order valence-corrected chi connectivity index (χ2v) is 7.37. The zero-order valence-corrected chi connectivity index (χ0v) is 15.2. The molecule has 24 heavy (non-hydrogen) atoms. The predicted molar refractivity (Wildman–Crippen MR) is 97.2 cm³/mol. The van der Waals surface area contributed by atoms with E-state index in [1.165, 1.54) is 16.8 Å². The van der Waals surface area contributed by atoms with Gasteiger partial charge < -0.3 is 9.22 Å². The first-order valence-corrected chi connectivity index (χ1v) is 8.29. The van der Waals surface area contributed by atoms with Crippen molar-refractivity contribution in [3.8, 4) is 5.75 Å². The number of aromatic nitrogens is 2. The fourth-order valence-electron chi connectivity index (χ4n) is 2.88. The van der Waals surface area contributed by atoms with Crippen molar-refractivity contribution in [2.75, 3.05) is 21.1 Å². The Labute approximate surface area is 143 Å². The lowest BCUT2D eigenvalue weighted by Crippen LogP contribution is -2.34. The van der Waals surface area contributed by atoms with Gasteiger partial charge in [-0.05, 0) is 37.1 Å². The molecule has 3 aromatic rings. The van der Waals surface area contributed by atoms with E-state index in [0.29, 0.717) is 6.61 Å². The lowest BCUT2D eigenvalue weighted by molar-refractivity contribution is -0.884. The number of nitrogens with zero attached hydrogens (tertiary/aromatic N) is 3. The highest BCUT2D eigenvalue weighted by molar-refractivity contribution is 5.56. The summed E-state index contributed by atoms with van der Waals surface area (Å²) in [7, 11) is 6.58. The molecule has 0 unspecified atom stereocenters. The molecule has 0 aliphatic heterocycles. The van der Waals surface area contributed by atoms with E-state index in [1.54, 1.807) is 0 Å². The summed E-state index contributed by atoms with van der Waals surface area (Å²) in [5.74, 6) is 0.830. The quantitative estimate of drug-likeness (QED) is 0.669.